The molecule has 0 aliphatic carbocycles. The molecule has 0 spiro atoms. The molecule has 1 N–H and O–H groups in total. The molecule has 88 valence electrons. The van der Waals surface area contributed by atoms with E-state index in [2.05, 4.69) is 18.8 Å². The first kappa shape index (κ1) is 14.4. The molecule has 0 aromatic rings. The van der Waals surface area contributed by atoms with Gasteiger partial charge in [0, 0.05) is 6.54 Å². The summed E-state index contributed by atoms with van der Waals surface area (Å²) in [6, 6.07) is 0. The summed E-state index contributed by atoms with van der Waals surface area (Å²) in [7, 11) is 0. The zero-order valence-corrected chi connectivity index (χ0v) is 10.6. The van der Waals surface area contributed by atoms with Crippen molar-refractivity contribution in [2.75, 3.05) is 13.2 Å². The molecule has 0 fully saturated rings. The average molecular weight is 229 g/mol. The summed E-state index contributed by atoms with van der Waals surface area (Å²) >= 11 is 4.96. The lowest BCUT2D eigenvalue weighted by molar-refractivity contribution is 0.288. The fourth-order valence-electron chi connectivity index (χ4n) is 1.25. The SMILES string of the molecule is C=CCNC(=S)OCCCCCCCC. The largest absolute Gasteiger partial charge is 0.471 e. The zero-order chi connectivity index (χ0) is 11.4. The number of nitrogens with one attached hydrogen (secondary N) is 1. The lowest BCUT2D eigenvalue weighted by atomic mass is 10.1. The second kappa shape index (κ2) is 11.5. The minimum Gasteiger partial charge on any atom is -0.471 e. The monoisotopic (exact) mass is 229 g/mol. The Bertz CT molecular complexity index is 171. The standard InChI is InChI=1S/C12H23NOS/c1-3-5-6-7-8-9-11-14-12(15)13-10-4-2/h4H,2-3,5-11H2,1H3,(H,13,15). The number of hydrogen-bond donors (Lipinski definition) is 1. The molecule has 0 saturated carbocycles. The number of rotatable bonds is 9. The molecule has 0 aromatic carbocycles. The van der Waals surface area contributed by atoms with Gasteiger partial charge in [0.2, 0.25) is 0 Å². The van der Waals surface area contributed by atoms with Gasteiger partial charge in [0.25, 0.3) is 5.17 Å². The number of thiocarbonyl (C=S) groups is 1. The Morgan fingerprint density at radius 1 is 1.27 bits per heavy atom. The topological polar surface area (TPSA) is 21.3 Å². The average Bonchev–Trinajstić information content (AvgIpc) is 2.25. The van der Waals surface area contributed by atoms with E-state index in [0.29, 0.717) is 11.7 Å². The quantitative estimate of drug-likeness (QED) is 0.372. The summed E-state index contributed by atoms with van der Waals surface area (Å²) in [4.78, 5) is 0. The first-order valence-electron chi connectivity index (χ1n) is 5.82. The lowest BCUT2D eigenvalue weighted by Crippen LogP contribution is -2.24. The van der Waals surface area contributed by atoms with Gasteiger partial charge in [-0.15, -0.1) is 6.58 Å². The van der Waals surface area contributed by atoms with Crippen molar-refractivity contribution < 1.29 is 4.74 Å². The second-order valence-corrected chi connectivity index (χ2v) is 3.94. The molecule has 2 nitrogen and oxygen atoms in total. The van der Waals surface area contributed by atoms with E-state index < -0.39 is 0 Å². The van der Waals surface area contributed by atoms with Crippen molar-refractivity contribution in [3.63, 3.8) is 0 Å². The van der Waals surface area contributed by atoms with Crippen molar-refractivity contribution >= 4 is 17.4 Å². The molecule has 0 aliphatic rings. The maximum absolute atomic E-state index is 5.32. The van der Waals surface area contributed by atoms with Gasteiger partial charge in [-0.1, -0.05) is 45.1 Å². The molecule has 15 heavy (non-hydrogen) atoms. The number of hydrogen-bond acceptors (Lipinski definition) is 2. The molecular weight excluding hydrogens is 206 g/mol. The van der Waals surface area contributed by atoms with Crippen LogP contribution >= 0.6 is 12.2 Å². The summed E-state index contributed by atoms with van der Waals surface area (Å²) in [5, 5.41) is 3.42. The summed E-state index contributed by atoms with van der Waals surface area (Å²) < 4.78 is 5.32. The van der Waals surface area contributed by atoms with Crippen molar-refractivity contribution in [3.05, 3.63) is 12.7 Å². The van der Waals surface area contributed by atoms with Crippen LogP contribution in [0.3, 0.4) is 0 Å². The van der Waals surface area contributed by atoms with Crippen LogP contribution in [0, 0.1) is 0 Å². The molecule has 0 aliphatic heterocycles. The fraction of sp³-hybridized carbons (Fsp3) is 0.750. The van der Waals surface area contributed by atoms with E-state index in [-0.39, 0.29) is 0 Å². The molecule has 0 unspecified atom stereocenters. The van der Waals surface area contributed by atoms with Crippen LogP contribution in [-0.4, -0.2) is 18.3 Å². The van der Waals surface area contributed by atoms with E-state index in [1.165, 1.54) is 32.1 Å². The highest BCUT2D eigenvalue weighted by atomic mass is 32.1. The highest BCUT2D eigenvalue weighted by Gasteiger charge is 1.94. The van der Waals surface area contributed by atoms with E-state index >= 15 is 0 Å². The van der Waals surface area contributed by atoms with E-state index in [4.69, 9.17) is 17.0 Å². The Balaban J connectivity index is 3.09. The van der Waals surface area contributed by atoms with Crippen LogP contribution in [0.5, 0.6) is 0 Å². The minimum absolute atomic E-state index is 0.489. The Labute approximate surface area is 99.1 Å². The molecule has 0 aromatic heterocycles. The first-order valence-corrected chi connectivity index (χ1v) is 6.23. The number of ether oxygens (including phenoxy) is 1. The van der Waals surface area contributed by atoms with Gasteiger partial charge in [0.05, 0.1) is 6.61 Å². The molecule has 0 rings (SSSR count). The smallest absolute Gasteiger partial charge is 0.256 e. The Kier molecular flexibility index (Phi) is 11.1. The highest BCUT2D eigenvalue weighted by Crippen LogP contribution is 2.04. The van der Waals surface area contributed by atoms with Gasteiger partial charge in [-0.05, 0) is 18.6 Å². The van der Waals surface area contributed by atoms with Crippen LogP contribution in [0.1, 0.15) is 45.4 Å². The number of unbranched alkanes of at least 4 members (excludes halogenated alkanes) is 5. The maximum atomic E-state index is 5.32. The van der Waals surface area contributed by atoms with Gasteiger partial charge < -0.3 is 10.1 Å². The van der Waals surface area contributed by atoms with Crippen LogP contribution < -0.4 is 5.32 Å². The Morgan fingerprint density at radius 2 is 1.93 bits per heavy atom. The summed E-state index contributed by atoms with van der Waals surface area (Å²) in [5.74, 6) is 0. The molecule has 0 atom stereocenters. The van der Waals surface area contributed by atoms with Gasteiger partial charge in [-0.25, -0.2) is 0 Å². The van der Waals surface area contributed by atoms with Gasteiger partial charge >= 0.3 is 0 Å². The van der Waals surface area contributed by atoms with E-state index in [1.54, 1.807) is 6.08 Å². The van der Waals surface area contributed by atoms with Gasteiger partial charge in [-0.3, -0.25) is 0 Å². The van der Waals surface area contributed by atoms with Crippen molar-refractivity contribution in [1.82, 2.24) is 5.32 Å². The summed E-state index contributed by atoms with van der Waals surface area (Å²) in [6.07, 6.45) is 9.40. The van der Waals surface area contributed by atoms with Crippen LogP contribution in [0.4, 0.5) is 0 Å². The molecule has 0 heterocycles. The molecule has 0 radical (unpaired) electrons. The van der Waals surface area contributed by atoms with Crippen LogP contribution in [0.2, 0.25) is 0 Å². The highest BCUT2D eigenvalue weighted by molar-refractivity contribution is 7.80. The third-order valence-corrected chi connectivity index (χ3v) is 2.38. The van der Waals surface area contributed by atoms with E-state index in [9.17, 15) is 0 Å². The summed E-state index contributed by atoms with van der Waals surface area (Å²) in [5.41, 5.74) is 0. The predicted octanol–water partition coefficient (Wildman–Crippen LogP) is 3.42. The minimum atomic E-state index is 0.489. The Morgan fingerprint density at radius 3 is 2.60 bits per heavy atom. The lowest BCUT2D eigenvalue weighted by Gasteiger charge is -2.07. The van der Waals surface area contributed by atoms with Crippen LogP contribution in [-0.2, 0) is 4.74 Å². The van der Waals surface area contributed by atoms with Crippen molar-refractivity contribution in [2.45, 2.75) is 45.4 Å². The van der Waals surface area contributed by atoms with E-state index in [1.807, 2.05) is 0 Å². The first-order chi connectivity index (χ1) is 7.31. The second-order valence-electron chi connectivity index (χ2n) is 3.57. The van der Waals surface area contributed by atoms with Gasteiger partial charge in [-0.2, -0.15) is 0 Å². The van der Waals surface area contributed by atoms with Crippen molar-refractivity contribution in [1.29, 1.82) is 0 Å². The predicted molar refractivity (Wildman–Crippen MR) is 70.1 cm³/mol. The van der Waals surface area contributed by atoms with Crippen LogP contribution in [0.15, 0.2) is 12.7 Å². The third kappa shape index (κ3) is 11.4. The van der Waals surface area contributed by atoms with Crippen molar-refractivity contribution in [2.24, 2.45) is 0 Å². The summed E-state index contributed by atoms with van der Waals surface area (Å²) in [6.45, 7) is 7.23. The third-order valence-electron chi connectivity index (χ3n) is 2.12. The fourth-order valence-corrected chi connectivity index (χ4v) is 1.42. The van der Waals surface area contributed by atoms with Gasteiger partial charge in [0.15, 0.2) is 0 Å². The molecule has 0 bridgehead atoms. The zero-order valence-electron chi connectivity index (χ0n) is 9.76. The normalized spacial score (nSPS) is 9.67. The van der Waals surface area contributed by atoms with E-state index in [0.717, 1.165) is 13.0 Å². The molecule has 3 heteroatoms. The van der Waals surface area contributed by atoms with Gasteiger partial charge in [0.1, 0.15) is 0 Å². The van der Waals surface area contributed by atoms with Crippen molar-refractivity contribution in [3.8, 4) is 0 Å². The molecular formula is C12H23NOS. The van der Waals surface area contributed by atoms with Crippen LogP contribution in [0.25, 0.3) is 0 Å². The molecule has 0 amide bonds. The maximum Gasteiger partial charge on any atom is 0.256 e. The Hall–Kier alpha value is -0.570. The molecule has 0 saturated heterocycles.